The molecule has 116 valence electrons. The first-order valence-electron chi connectivity index (χ1n) is 8.83. The van der Waals surface area contributed by atoms with Gasteiger partial charge in [-0.2, -0.15) is 0 Å². The molecule has 1 fully saturated rings. The van der Waals surface area contributed by atoms with Gasteiger partial charge in [-0.25, -0.2) is 0 Å². The van der Waals surface area contributed by atoms with Crippen LogP contribution in [0.3, 0.4) is 0 Å². The first-order valence-corrected chi connectivity index (χ1v) is 8.83. The first kappa shape index (κ1) is 14.9. The second kappa shape index (κ2) is 6.39. The summed E-state index contributed by atoms with van der Waals surface area (Å²) in [7, 11) is 0. The van der Waals surface area contributed by atoms with Crippen molar-refractivity contribution in [3.8, 4) is 0 Å². The third-order valence-electron chi connectivity index (χ3n) is 5.93. The summed E-state index contributed by atoms with van der Waals surface area (Å²) < 4.78 is 0. The molecule has 0 atom stereocenters. The molecule has 1 aromatic carbocycles. The van der Waals surface area contributed by atoms with Gasteiger partial charge in [-0.1, -0.05) is 38.8 Å². The molecule has 0 bridgehead atoms. The molecule has 0 aromatic heterocycles. The maximum atomic E-state index is 3.51. The van der Waals surface area contributed by atoms with Gasteiger partial charge in [-0.15, -0.1) is 0 Å². The van der Waals surface area contributed by atoms with Crippen molar-refractivity contribution in [3.63, 3.8) is 0 Å². The fraction of sp³-hybridized carbons (Fsp3) is 0.684. The molecule has 0 spiro atoms. The molecule has 1 saturated heterocycles. The van der Waals surface area contributed by atoms with Crippen molar-refractivity contribution in [1.82, 2.24) is 4.90 Å². The lowest BCUT2D eigenvalue weighted by Gasteiger charge is -2.41. The van der Waals surface area contributed by atoms with E-state index in [9.17, 15) is 0 Å². The zero-order chi connectivity index (χ0) is 14.7. The van der Waals surface area contributed by atoms with E-state index in [1.165, 1.54) is 68.4 Å². The van der Waals surface area contributed by atoms with Gasteiger partial charge < -0.3 is 5.32 Å². The largest absolute Gasteiger partial charge is 0.385 e. The zero-order valence-corrected chi connectivity index (χ0v) is 13.8. The standard InChI is InChI=1S/C19H30N2/c1-3-19(4-2)9-12-21(13-10-19)15-16-7-8-18-17(14-16)6-5-11-20-18/h7-8,14,20H,3-6,9-13,15H2,1-2H3. The van der Waals surface area contributed by atoms with Crippen LogP contribution in [0.2, 0.25) is 0 Å². The third kappa shape index (κ3) is 3.26. The Labute approximate surface area is 129 Å². The van der Waals surface area contributed by atoms with E-state index in [1.54, 1.807) is 0 Å². The highest BCUT2D eigenvalue weighted by Gasteiger charge is 2.31. The molecule has 2 heteroatoms. The van der Waals surface area contributed by atoms with Gasteiger partial charge in [0.15, 0.2) is 0 Å². The van der Waals surface area contributed by atoms with Crippen molar-refractivity contribution in [2.75, 3.05) is 25.0 Å². The van der Waals surface area contributed by atoms with Crippen LogP contribution in [0.1, 0.15) is 57.1 Å². The Kier molecular flexibility index (Phi) is 4.54. The molecule has 0 radical (unpaired) electrons. The van der Waals surface area contributed by atoms with Crippen LogP contribution in [0.25, 0.3) is 0 Å². The van der Waals surface area contributed by atoms with Crippen LogP contribution in [0.15, 0.2) is 18.2 Å². The van der Waals surface area contributed by atoms with E-state index >= 15 is 0 Å². The van der Waals surface area contributed by atoms with Crippen molar-refractivity contribution >= 4 is 5.69 Å². The Bertz CT molecular complexity index is 466. The Balaban J connectivity index is 1.60. The van der Waals surface area contributed by atoms with Crippen LogP contribution < -0.4 is 5.32 Å². The van der Waals surface area contributed by atoms with Crippen LogP contribution in [-0.4, -0.2) is 24.5 Å². The normalized spacial score (nSPS) is 21.6. The molecule has 2 aliphatic heterocycles. The highest BCUT2D eigenvalue weighted by atomic mass is 15.1. The molecule has 3 rings (SSSR count). The molecule has 1 aromatic rings. The first-order chi connectivity index (χ1) is 10.2. The highest BCUT2D eigenvalue weighted by Crippen LogP contribution is 2.38. The van der Waals surface area contributed by atoms with E-state index in [1.807, 2.05) is 0 Å². The number of piperidine rings is 1. The van der Waals surface area contributed by atoms with Crippen molar-refractivity contribution in [2.45, 2.75) is 58.9 Å². The van der Waals surface area contributed by atoms with E-state index < -0.39 is 0 Å². The summed E-state index contributed by atoms with van der Waals surface area (Å²) in [5, 5.41) is 3.51. The summed E-state index contributed by atoms with van der Waals surface area (Å²) in [6.45, 7) is 9.56. The number of rotatable bonds is 4. The molecule has 0 aliphatic carbocycles. The lowest BCUT2D eigenvalue weighted by atomic mass is 9.74. The van der Waals surface area contributed by atoms with Gasteiger partial charge in [0.1, 0.15) is 0 Å². The van der Waals surface area contributed by atoms with Crippen LogP contribution in [0.4, 0.5) is 5.69 Å². The third-order valence-corrected chi connectivity index (χ3v) is 5.93. The SMILES string of the molecule is CCC1(CC)CCN(Cc2ccc3c(c2)CCCN3)CC1. The number of hydrogen-bond acceptors (Lipinski definition) is 2. The molecule has 21 heavy (non-hydrogen) atoms. The maximum Gasteiger partial charge on any atom is 0.0372 e. The smallest absolute Gasteiger partial charge is 0.0372 e. The average Bonchev–Trinajstić information content (AvgIpc) is 2.56. The van der Waals surface area contributed by atoms with E-state index in [0.717, 1.165) is 13.1 Å². The number of nitrogens with zero attached hydrogens (tertiary/aromatic N) is 1. The van der Waals surface area contributed by atoms with Crippen molar-refractivity contribution < 1.29 is 0 Å². The van der Waals surface area contributed by atoms with E-state index in [-0.39, 0.29) is 0 Å². The predicted octanol–water partition coefficient (Wildman–Crippen LogP) is 4.45. The number of aryl methyl sites for hydroxylation is 1. The van der Waals surface area contributed by atoms with Crippen LogP contribution >= 0.6 is 0 Å². The molecule has 2 heterocycles. The summed E-state index contributed by atoms with van der Waals surface area (Å²) in [5.74, 6) is 0. The number of nitrogens with one attached hydrogen (secondary N) is 1. The van der Waals surface area contributed by atoms with Gasteiger partial charge >= 0.3 is 0 Å². The monoisotopic (exact) mass is 286 g/mol. The number of benzene rings is 1. The zero-order valence-electron chi connectivity index (χ0n) is 13.8. The molecule has 0 unspecified atom stereocenters. The van der Waals surface area contributed by atoms with Gasteiger partial charge in [0.2, 0.25) is 0 Å². The van der Waals surface area contributed by atoms with Gasteiger partial charge in [-0.05, 0) is 61.4 Å². The van der Waals surface area contributed by atoms with E-state index in [4.69, 9.17) is 0 Å². The molecule has 2 nitrogen and oxygen atoms in total. The minimum Gasteiger partial charge on any atom is -0.385 e. The van der Waals surface area contributed by atoms with E-state index in [2.05, 4.69) is 42.3 Å². The Morgan fingerprint density at radius 1 is 1.14 bits per heavy atom. The molecular formula is C19H30N2. The molecular weight excluding hydrogens is 256 g/mol. The molecule has 1 N–H and O–H groups in total. The minimum atomic E-state index is 0.635. The lowest BCUT2D eigenvalue weighted by Crippen LogP contribution is -2.39. The fourth-order valence-electron chi connectivity index (χ4n) is 4.03. The van der Waals surface area contributed by atoms with Gasteiger partial charge in [0, 0.05) is 18.8 Å². The Morgan fingerprint density at radius 3 is 2.62 bits per heavy atom. The summed E-state index contributed by atoms with van der Waals surface area (Å²) in [6, 6.07) is 7.04. The Hall–Kier alpha value is -1.02. The van der Waals surface area contributed by atoms with Gasteiger partial charge in [0.25, 0.3) is 0 Å². The van der Waals surface area contributed by atoms with Crippen molar-refractivity contribution in [1.29, 1.82) is 0 Å². The number of fused-ring (bicyclic) bond motifs is 1. The molecule has 2 aliphatic rings. The summed E-state index contributed by atoms with van der Waals surface area (Å²) in [5.41, 5.74) is 5.01. The summed E-state index contributed by atoms with van der Waals surface area (Å²) in [4.78, 5) is 2.65. The summed E-state index contributed by atoms with van der Waals surface area (Å²) in [6.07, 6.45) is 7.98. The van der Waals surface area contributed by atoms with Crippen LogP contribution in [0.5, 0.6) is 0 Å². The number of hydrogen-bond donors (Lipinski definition) is 1. The quantitative estimate of drug-likeness (QED) is 0.880. The van der Waals surface area contributed by atoms with Crippen molar-refractivity contribution in [3.05, 3.63) is 29.3 Å². The second-order valence-corrected chi connectivity index (χ2v) is 7.01. The average molecular weight is 286 g/mol. The Morgan fingerprint density at radius 2 is 1.90 bits per heavy atom. The minimum absolute atomic E-state index is 0.635. The number of anilines is 1. The second-order valence-electron chi connectivity index (χ2n) is 7.01. The summed E-state index contributed by atoms with van der Waals surface area (Å²) >= 11 is 0. The fourth-order valence-corrected chi connectivity index (χ4v) is 4.03. The van der Waals surface area contributed by atoms with E-state index in [0.29, 0.717) is 5.41 Å². The van der Waals surface area contributed by atoms with Gasteiger partial charge in [-0.3, -0.25) is 4.90 Å². The highest BCUT2D eigenvalue weighted by molar-refractivity contribution is 5.54. The molecule has 0 amide bonds. The lowest BCUT2D eigenvalue weighted by molar-refractivity contribution is 0.0909. The number of likely N-dealkylation sites (tertiary alicyclic amines) is 1. The van der Waals surface area contributed by atoms with Gasteiger partial charge in [0.05, 0.1) is 0 Å². The predicted molar refractivity (Wildman–Crippen MR) is 90.8 cm³/mol. The van der Waals surface area contributed by atoms with Crippen molar-refractivity contribution in [2.24, 2.45) is 5.41 Å². The maximum absolute atomic E-state index is 3.51. The molecule has 0 saturated carbocycles. The van der Waals surface area contributed by atoms with Crippen LogP contribution in [-0.2, 0) is 13.0 Å². The topological polar surface area (TPSA) is 15.3 Å². The van der Waals surface area contributed by atoms with Crippen LogP contribution in [0, 0.1) is 5.41 Å².